The average molecular weight is 192 g/mol. The van der Waals surface area contributed by atoms with Crippen LogP contribution in [0, 0.1) is 6.92 Å². The van der Waals surface area contributed by atoms with Gasteiger partial charge in [0.05, 0.1) is 0 Å². The molecule has 4 nitrogen and oxygen atoms in total. The van der Waals surface area contributed by atoms with E-state index in [1.54, 1.807) is 13.0 Å². The zero-order valence-corrected chi connectivity index (χ0v) is 7.96. The van der Waals surface area contributed by atoms with E-state index < -0.39 is 0 Å². The number of aryl methyl sites for hydroxylation is 1. The number of nitrogens with one attached hydrogen (secondary N) is 2. The standard InChI is InChI=1S/C10H12N2O2/c1-6-4-7(5-9(13)11-6)10(14)12-8-2-3-8/h4-5,8H,2-3H2,1H3,(H,11,13)(H,12,14). The molecule has 1 heterocycles. The Balaban J connectivity index is 2.21. The van der Waals surface area contributed by atoms with E-state index in [2.05, 4.69) is 10.3 Å². The van der Waals surface area contributed by atoms with Crippen molar-refractivity contribution in [3.63, 3.8) is 0 Å². The molecule has 4 heteroatoms. The van der Waals surface area contributed by atoms with Gasteiger partial charge in [0.25, 0.3) is 5.91 Å². The van der Waals surface area contributed by atoms with E-state index in [4.69, 9.17) is 0 Å². The molecule has 1 saturated carbocycles. The number of aromatic amines is 1. The second-order valence-electron chi connectivity index (χ2n) is 3.66. The van der Waals surface area contributed by atoms with Crippen molar-refractivity contribution in [2.75, 3.05) is 0 Å². The molecule has 0 unspecified atom stereocenters. The fourth-order valence-corrected chi connectivity index (χ4v) is 1.31. The predicted molar refractivity (Wildman–Crippen MR) is 52.3 cm³/mol. The van der Waals surface area contributed by atoms with E-state index in [-0.39, 0.29) is 11.5 Å². The van der Waals surface area contributed by atoms with Gasteiger partial charge in [-0.3, -0.25) is 9.59 Å². The smallest absolute Gasteiger partial charge is 0.251 e. The first kappa shape index (κ1) is 8.99. The van der Waals surface area contributed by atoms with Crippen LogP contribution in [-0.2, 0) is 0 Å². The maximum atomic E-state index is 11.5. The summed E-state index contributed by atoms with van der Waals surface area (Å²) >= 11 is 0. The number of aromatic nitrogens is 1. The highest BCUT2D eigenvalue weighted by atomic mass is 16.2. The number of carbonyl (C=O) groups excluding carboxylic acids is 1. The van der Waals surface area contributed by atoms with E-state index in [0.29, 0.717) is 17.3 Å². The molecule has 1 aromatic rings. The van der Waals surface area contributed by atoms with Gasteiger partial charge in [-0.1, -0.05) is 0 Å². The minimum atomic E-state index is -0.231. The third-order valence-electron chi connectivity index (χ3n) is 2.15. The molecule has 74 valence electrons. The fourth-order valence-electron chi connectivity index (χ4n) is 1.31. The summed E-state index contributed by atoms with van der Waals surface area (Å²) in [6.07, 6.45) is 2.10. The first-order valence-electron chi connectivity index (χ1n) is 4.67. The summed E-state index contributed by atoms with van der Waals surface area (Å²) in [7, 11) is 0. The maximum absolute atomic E-state index is 11.5. The largest absolute Gasteiger partial charge is 0.349 e. The molecule has 0 radical (unpaired) electrons. The first-order chi connectivity index (χ1) is 6.65. The number of hydrogen-bond donors (Lipinski definition) is 2. The molecular formula is C10H12N2O2. The van der Waals surface area contributed by atoms with Gasteiger partial charge >= 0.3 is 0 Å². The van der Waals surface area contributed by atoms with Gasteiger partial charge in [0.2, 0.25) is 5.56 Å². The molecule has 0 saturated heterocycles. The molecule has 0 aliphatic heterocycles. The molecule has 0 atom stereocenters. The van der Waals surface area contributed by atoms with Crippen LogP contribution in [0.4, 0.5) is 0 Å². The molecule has 1 amide bonds. The molecule has 14 heavy (non-hydrogen) atoms. The average Bonchev–Trinajstić information content (AvgIpc) is 2.86. The van der Waals surface area contributed by atoms with Crippen LogP contribution < -0.4 is 10.9 Å². The number of amides is 1. The van der Waals surface area contributed by atoms with E-state index in [1.807, 2.05) is 0 Å². The number of pyridine rings is 1. The van der Waals surface area contributed by atoms with Gasteiger partial charge in [-0.05, 0) is 25.8 Å². The molecule has 2 N–H and O–H groups in total. The second kappa shape index (κ2) is 3.29. The minimum Gasteiger partial charge on any atom is -0.349 e. The first-order valence-corrected chi connectivity index (χ1v) is 4.67. The van der Waals surface area contributed by atoms with Crippen LogP contribution in [0.2, 0.25) is 0 Å². The van der Waals surface area contributed by atoms with E-state index in [1.165, 1.54) is 6.07 Å². The predicted octanol–water partition coefficient (Wildman–Crippen LogP) is 0.576. The molecule has 2 rings (SSSR count). The SMILES string of the molecule is Cc1cc(C(=O)NC2CC2)cc(=O)[nH]1. The molecule has 1 aliphatic carbocycles. The van der Waals surface area contributed by atoms with Crippen LogP contribution in [0.3, 0.4) is 0 Å². The van der Waals surface area contributed by atoms with E-state index in [0.717, 1.165) is 12.8 Å². The van der Waals surface area contributed by atoms with Gasteiger partial charge < -0.3 is 10.3 Å². The molecule has 0 aromatic carbocycles. The Kier molecular flexibility index (Phi) is 2.11. The fraction of sp³-hybridized carbons (Fsp3) is 0.400. The van der Waals surface area contributed by atoms with Crippen LogP contribution >= 0.6 is 0 Å². The normalized spacial score (nSPS) is 15.2. The van der Waals surface area contributed by atoms with Crippen molar-refractivity contribution in [3.05, 3.63) is 33.7 Å². The van der Waals surface area contributed by atoms with Crippen molar-refractivity contribution in [1.29, 1.82) is 0 Å². The molecule has 0 spiro atoms. The van der Waals surface area contributed by atoms with Crippen molar-refractivity contribution < 1.29 is 4.79 Å². The van der Waals surface area contributed by atoms with Crippen LogP contribution in [0.15, 0.2) is 16.9 Å². The summed E-state index contributed by atoms with van der Waals surface area (Å²) in [4.78, 5) is 25.2. The topological polar surface area (TPSA) is 62.0 Å². The quantitative estimate of drug-likeness (QED) is 0.719. The Hall–Kier alpha value is -1.58. The molecular weight excluding hydrogens is 180 g/mol. The third-order valence-corrected chi connectivity index (χ3v) is 2.15. The Morgan fingerprint density at radius 3 is 2.79 bits per heavy atom. The summed E-state index contributed by atoms with van der Waals surface area (Å²) in [5, 5.41) is 2.83. The second-order valence-corrected chi connectivity index (χ2v) is 3.66. The molecule has 1 aromatic heterocycles. The van der Waals surface area contributed by atoms with Crippen LogP contribution in [-0.4, -0.2) is 16.9 Å². The number of rotatable bonds is 2. The van der Waals surface area contributed by atoms with Gasteiger partial charge in [-0.2, -0.15) is 0 Å². The third kappa shape index (κ3) is 2.02. The summed E-state index contributed by atoms with van der Waals surface area (Å²) in [5.74, 6) is -0.151. The highest BCUT2D eigenvalue weighted by molar-refractivity contribution is 5.94. The number of hydrogen-bond acceptors (Lipinski definition) is 2. The summed E-state index contributed by atoms with van der Waals surface area (Å²) in [6.45, 7) is 1.76. The zero-order valence-electron chi connectivity index (χ0n) is 7.96. The number of H-pyrrole nitrogens is 1. The number of carbonyl (C=O) groups is 1. The van der Waals surface area contributed by atoms with E-state index >= 15 is 0 Å². The van der Waals surface area contributed by atoms with Crippen molar-refractivity contribution in [3.8, 4) is 0 Å². The summed E-state index contributed by atoms with van der Waals surface area (Å²) in [5.41, 5.74) is 0.919. The zero-order chi connectivity index (χ0) is 10.1. The Bertz CT molecular complexity index is 418. The maximum Gasteiger partial charge on any atom is 0.251 e. The van der Waals surface area contributed by atoms with Gasteiger partial charge in [0, 0.05) is 23.4 Å². The molecule has 0 bridgehead atoms. The monoisotopic (exact) mass is 192 g/mol. The lowest BCUT2D eigenvalue weighted by Crippen LogP contribution is -2.26. The highest BCUT2D eigenvalue weighted by Gasteiger charge is 2.23. The van der Waals surface area contributed by atoms with Crippen molar-refractivity contribution >= 4 is 5.91 Å². The van der Waals surface area contributed by atoms with Crippen LogP contribution in [0.25, 0.3) is 0 Å². The van der Waals surface area contributed by atoms with Crippen molar-refractivity contribution in [2.24, 2.45) is 0 Å². The highest BCUT2D eigenvalue weighted by Crippen LogP contribution is 2.19. The minimum absolute atomic E-state index is 0.151. The van der Waals surface area contributed by atoms with Crippen molar-refractivity contribution in [1.82, 2.24) is 10.3 Å². The van der Waals surface area contributed by atoms with Gasteiger partial charge in [-0.25, -0.2) is 0 Å². The molecule has 1 aliphatic rings. The van der Waals surface area contributed by atoms with Crippen LogP contribution in [0.1, 0.15) is 28.9 Å². The van der Waals surface area contributed by atoms with Gasteiger partial charge in [0.1, 0.15) is 0 Å². The van der Waals surface area contributed by atoms with Gasteiger partial charge in [-0.15, -0.1) is 0 Å². The summed E-state index contributed by atoms with van der Waals surface area (Å²) < 4.78 is 0. The van der Waals surface area contributed by atoms with Gasteiger partial charge in [0.15, 0.2) is 0 Å². The lowest BCUT2D eigenvalue weighted by atomic mass is 10.2. The summed E-state index contributed by atoms with van der Waals surface area (Å²) in [6, 6.07) is 3.33. The lowest BCUT2D eigenvalue weighted by Gasteiger charge is -2.02. The van der Waals surface area contributed by atoms with Crippen molar-refractivity contribution in [2.45, 2.75) is 25.8 Å². The van der Waals surface area contributed by atoms with E-state index in [9.17, 15) is 9.59 Å². The lowest BCUT2D eigenvalue weighted by molar-refractivity contribution is 0.0950. The Labute approximate surface area is 81.3 Å². The van der Waals surface area contributed by atoms with Crippen LogP contribution in [0.5, 0.6) is 0 Å². The molecule has 1 fully saturated rings. The Morgan fingerprint density at radius 1 is 1.50 bits per heavy atom. The Morgan fingerprint density at radius 2 is 2.21 bits per heavy atom.